The number of methoxy groups -OCH3 is 1. The number of furan rings is 1. The zero-order valence-electron chi connectivity index (χ0n) is 15.1. The molecule has 3 aromatic rings. The Hall–Kier alpha value is -2.76. The van der Waals surface area contributed by atoms with Crippen molar-refractivity contribution < 1.29 is 13.9 Å². The SMILES string of the molecule is COc1ccc(Cl)cc1NC(=O)[C@@H](C)N[C@H](c1ccccc1)c1ccco1. The summed E-state index contributed by atoms with van der Waals surface area (Å²) in [6.07, 6.45) is 1.62. The van der Waals surface area contributed by atoms with Crippen molar-refractivity contribution in [1.29, 1.82) is 0 Å². The average Bonchev–Trinajstić information content (AvgIpc) is 3.21. The Balaban J connectivity index is 1.77. The first-order chi connectivity index (χ1) is 13.1. The molecule has 0 bridgehead atoms. The number of amides is 1. The fraction of sp³-hybridized carbons (Fsp3) is 0.190. The molecule has 6 heteroatoms. The normalized spacial score (nSPS) is 13.0. The molecule has 0 aliphatic heterocycles. The van der Waals surface area contributed by atoms with Crippen molar-refractivity contribution in [1.82, 2.24) is 5.32 Å². The Labute approximate surface area is 163 Å². The van der Waals surface area contributed by atoms with Gasteiger partial charge in [0.25, 0.3) is 0 Å². The van der Waals surface area contributed by atoms with Crippen molar-refractivity contribution in [3.05, 3.63) is 83.3 Å². The topological polar surface area (TPSA) is 63.5 Å². The molecule has 0 saturated carbocycles. The molecular weight excluding hydrogens is 364 g/mol. The van der Waals surface area contributed by atoms with Gasteiger partial charge in [-0.15, -0.1) is 0 Å². The highest BCUT2D eigenvalue weighted by molar-refractivity contribution is 6.31. The Morgan fingerprint density at radius 3 is 2.56 bits per heavy atom. The van der Waals surface area contributed by atoms with Gasteiger partial charge >= 0.3 is 0 Å². The molecule has 0 fully saturated rings. The first kappa shape index (κ1) is 19.0. The largest absolute Gasteiger partial charge is 0.495 e. The fourth-order valence-corrected chi connectivity index (χ4v) is 2.96. The van der Waals surface area contributed by atoms with Gasteiger partial charge in [-0.05, 0) is 42.8 Å². The lowest BCUT2D eigenvalue weighted by Gasteiger charge is -2.22. The maximum Gasteiger partial charge on any atom is 0.241 e. The van der Waals surface area contributed by atoms with Gasteiger partial charge in [0.05, 0.1) is 31.1 Å². The minimum Gasteiger partial charge on any atom is -0.495 e. The second-order valence-electron chi connectivity index (χ2n) is 6.08. The van der Waals surface area contributed by atoms with E-state index in [0.29, 0.717) is 16.5 Å². The summed E-state index contributed by atoms with van der Waals surface area (Å²) in [7, 11) is 1.54. The number of hydrogen-bond acceptors (Lipinski definition) is 4. The van der Waals surface area contributed by atoms with Gasteiger partial charge in [-0.2, -0.15) is 0 Å². The second kappa shape index (κ2) is 8.75. The molecule has 2 N–H and O–H groups in total. The average molecular weight is 385 g/mol. The first-order valence-electron chi connectivity index (χ1n) is 8.57. The Morgan fingerprint density at radius 1 is 1.11 bits per heavy atom. The summed E-state index contributed by atoms with van der Waals surface area (Å²) in [5, 5.41) is 6.71. The molecule has 5 nitrogen and oxygen atoms in total. The van der Waals surface area contributed by atoms with Gasteiger partial charge in [0.2, 0.25) is 5.91 Å². The molecule has 2 aromatic carbocycles. The van der Waals surface area contributed by atoms with Crippen LogP contribution < -0.4 is 15.4 Å². The maximum absolute atomic E-state index is 12.7. The van der Waals surface area contributed by atoms with E-state index in [2.05, 4.69) is 10.6 Å². The molecule has 1 aromatic heterocycles. The van der Waals surface area contributed by atoms with E-state index in [4.69, 9.17) is 20.8 Å². The maximum atomic E-state index is 12.7. The predicted octanol–water partition coefficient (Wildman–Crippen LogP) is 4.65. The predicted molar refractivity (Wildman–Crippen MR) is 106 cm³/mol. The summed E-state index contributed by atoms with van der Waals surface area (Å²) >= 11 is 6.03. The first-order valence-corrected chi connectivity index (χ1v) is 8.95. The number of nitrogens with one attached hydrogen (secondary N) is 2. The summed E-state index contributed by atoms with van der Waals surface area (Å²) in [6, 6.07) is 17.9. The molecule has 0 spiro atoms. The number of halogens is 1. The third-order valence-corrected chi connectivity index (χ3v) is 4.43. The molecule has 2 atom stereocenters. The van der Waals surface area contributed by atoms with Crippen LogP contribution in [0.2, 0.25) is 5.02 Å². The van der Waals surface area contributed by atoms with E-state index in [9.17, 15) is 4.79 Å². The minimum absolute atomic E-state index is 0.206. The van der Waals surface area contributed by atoms with Crippen molar-refractivity contribution in [3.63, 3.8) is 0 Å². The Bertz CT molecular complexity index is 882. The highest BCUT2D eigenvalue weighted by Crippen LogP contribution is 2.28. The smallest absolute Gasteiger partial charge is 0.241 e. The number of carbonyl (C=O) groups is 1. The van der Waals surface area contributed by atoms with Gasteiger partial charge in [0.1, 0.15) is 11.5 Å². The van der Waals surface area contributed by atoms with E-state index in [1.807, 2.05) is 42.5 Å². The van der Waals surface area contributed by atoms with E-state index in [-0.39, 0.29) is 11.9 Å². The minimum atomic E-state index is -0.496. The molecule has 3 rings (SSSR count). The van der Waals surface area contributed by atoms with Crippen molar-refractivity contribution >= 4 is 23.2 Å². The highest BCUT2D eigenvalue weighted by Gasteiger charge is 2.23. The number of ether oxygens (including phenoxy) is 1. The lowest BCUT2D eigenvalue weighted by molar-refractivity contribution is -0.117. The molecule has 0 radical (unpaired) electrons. The van der Waals surface area contributed by atoms with Crippen LogP contribution in [-0.2, 0) is 4.79 Å². The zero-order chi connectivity index (χ0) is 19.2. The van der Waals surface area contributed by atoms with Gasteiger partial charge in [-0.1, -0.05) is 41.9 Å². The zero-order valence-corrected chi connectivity index (χ0v) is 15.9. The molecule has 0 unspecified atom stereocenters. The van der Waals surface area contributed by atoms with Gasteiger partial charge in [0, 0.05) is 5.02 Å². The fourth-order valence-electron chi connectivity index (χ4n) is 2.79. The van der Waals surface area contributed by atoms with Crippen LogP contribution in [0.1, 0.15) is 24.3 Å². The lowest BCUT2D eigenvalue weighted by atomic mass is 10.0. The molecule has 0 aliphatic carbocycles. The third kappa shape index (κ3) is 4.70. The summed E-state index contributed by atoms with van der Waals surface area (Å²) < 4.78 is 10.9. The number of benzene rings is 2. The molecule has 140 valence electrons. The van der Waals surface area contributed by atoms with Crippen LogP contribution in [0.3, 0.4) is 0 Å². The van der Waals surface area contributed by atoms with Crippen LogP contribution in [0.5, 0.6) is 5.75 Å². The summed E-state index contributed by atoms with van der Waals surface area (Å²) in [5.41, 5.74) is 1.53. The van der Waals surface area contributed by atoms with Gasteiger partial charge < -0.3 is 14.5 Å². The van der Waals surface area contributed by atoms with Crippen molar-refractivity contribution in [2.45, 2.75) is 19.0 Å². The molecule has 27 heavy (non-hydrogen) atoms. The summed E-state index contributed by atoms with van der Waals surface area (Å²) in [6.45, 7) is 1.80. The quantitative estimate of drug-likeness (QED) is 0.622. The van der Waals surface area contributed by atoms with E-state index in [0.717, 1.165) is 11.3 Å². The highest BCUT2D eigenvalue weighted by atomic mass is 35.5. The standard InChI is InChI=1S/C21H21ClN2O3/c1-14(21(25)24-17-13-16(22)10-11-18(17)26-2)23-20(19-9-6-12-27-19)15-7-4-3-5-8-15/h3-14,20,23H,1-2H3,(H,24,25)/t14-,20-/m1/s1. The molecule has 1 heterocycles. The number of carbonyl (C=O) groups excluding carboxylic acids is 1. The number of rotatable bonds is 7. The lowest BCUT2D eigenvalue weighted by Crippen LogP contribution is -2.40. The number of anilines is 1. The van der Waals surface area contributed by atoms with E-state index < -0.39 is 6.04 Å². The monoisotopic (exact) mass is 384 g/mol. The van der Waals surface area contributed by atoms with Crippen LogP contribution in [0.4, 0.5) is 5.69 Å². The van der Waals surface area contributed by atoms with Crippen LogP contribution in [0.25, 0.3) is 0 Å². The van der Waals surface area contributed by atoms with E-state index in [1.54, 1.807) is 38.5 Å². The second-order valence-corrected chi connectivity index (χ2v) is 6.52. The van der Waals surface area contributed by atoms with Crippen LogP contribution in [-0.4, -0.2) is 19.1 Å². The van der Waals surface area contributed by atoms with Crippen LogP contribution in [0.15, 0.2) is 71.3 Å². The Morgan fingerprint density at radius 2 is 1.89 bits per heavy atom. The third-order valence-electron chi connectivity index (χ3n) is 4.19. The summed E-state index contributed by atoms with van der Waals surface area (Å²) in [5.74, 6) is 1.08. The van der Waals surface area contributed by atoms with Crippen molar-refractivity contribution in [2.24, 2.45) is 0 Å². The van der Waals surface area contributed by atoms with Gasteiger partial charge in [0.15, 0.2) is 0 Å². The van der Waals surface area contributed by atoms with Crippen LogP contribution >= 0.6 is 11.6 Å². The van der Waals surface area contributed by atoms with Crippen molar-refractivity contribution in [3.8, 4) is 5.75 Å². The van der Waals surface area contributed by atoms with Gasteiger partial charge in [-0.25, -0.2) is 0 Å². The molecular formula is C21H21ClN2O3. The number of hydrogen-bond donors (Lipinski definition) is 2. The molecule has 1 amide bonds. The molecule has 0 aliphatic rings. The van der Waals surface area contributed by atoms with Gasteiger partial charge in [-0.3, -0.25) is 10.1 Å². The summed E-state index contributed by atoms with van der Waals surface area (Å²) in [4.78, 5) is 12.7. The van der Waals surface area contributed by atoms with Crippen LogP contribution in [0, 0.1) is 0 Å². The van der Waals surface area contributed by atoms with E-state index >= 15 is 0 Å². The van der Waals surface area contributed by atoms with E-state index in [1.165, 1.54) is 0 Å². The van der Waals surface area contributed by atoms with Crippen molar-refractivity contribution in [2.75, 3.05) is 12.4 Å². The Kier molecular flexibility index (Phi) is 6.16. The molecule has 0 saturated heterocycles.